The highest BCUT2D eigenvalue weighted by atomic mass is 16.5. The van der Waals surface area contributed by atoms with Crippen LogP contribution in [0.1, 0.15) is 70.7 Å². The van der Waals surface area contributed by atoms with Gasteiger partial charge in [-0.25, -0.2) is 19.6 Å². The zero-order valence-electron chi connectivity index (χ0n) is 33.2. The zero-order chi connectivity index (χ0) is 40.5. The number of likely N-dealkylation sites (tertiary alicyclic amines) is 2. The van der Waals surface area contributed by atoms with E-state index in [4.69, 9.17) is 20.2 Å². The Morgan fingerprint density at radius 1 is 0.789 bits per heavy atom. The number of alkyl carbamates (subject to hydrolysis) is 2. The number of aromatic nitrogens is 4. The summed E-state index contributed by atoms with van der Waals surface area (Å²) < 4.78 is 9.54. The van der Waals surface area contributed by atoms with Crippen molar-refractivity contribution in [3.63, 3.8) is 0 Å². The molecule has 2 aromatic heterocycles. The molecule has 0 saturated carbocycles. The maximum absolute atomic E-state index is 13.7. The molecule has 15 nitrogen and oxygen atoms in total. The van der Waals surface area contributed by atoms with E-state index in [1.54, 1.807) is 11.1 Å². The van der Waals surface area contributed by atoms with Crippen molar-refractivity contribution in [2.24, 2.45) is 17.6 Å². The molecule has 2 fully saturated rings. The molecule has 7 rings (SSSR count). The van der Waals surface area contributed by atoms with Gasteiger partial charge in [0.25, 0.3) is 0 Å². The van der Waals surface area contributed by atoms with Gasteiger partial charge >= 0.3 is 12.2 Å². The highest BCUT2D eigenvalue weighted by Crippen LogP contribution is 2.36. The molecule has 0 spiro atoms. The van der Waals surface area contributed by atoms with Gasteiger partial charge in [-0.15, -0.1) is 0 Å². The third-order valence-electron chi connectivity index (χ3n) is 11.2. The summed E-state index contributed by atoms with van der Waals surface area (Å²) in [6.45, 7) is 8.49. The van der Waals surface area contributed by atoms with Crippen LogP contribution in [0, 0.1) is 11.8 Å². The lowest BCUT2D eigenvalue weighted by atomic mass is 9.99. The van der Waals surface area contributed by atoms with Crippen molar-refractivity contribution in [3.05, 3.63) is 72.4 Å². The summed E-state index contributed by atoms with van der Waals surface area (Å²) in [5.41, 5.74) is 11.9. The number of hydrogen-bond donors (Lipinski definition) is 5. The molecule has 0 unspecified atom stereocenters. The summed E-state index contributed by atoms with van der Waals surface area (Å²) in [5.74, 6) is 0.733. The normalized spacial score (nSPS) is 19.4. The highest BCUT2D eigenvalue weighted by molar-refractivity contribution is 6.05. The molecule has 3 aromatic carbocycles. The number of amides is 4. The lowest BCUT2D eigenvalue weighted by molar-refractivity contribution is -0.136. The van der Waals surface area contributed by atoms with Crippen LogP contribution in [-0.2, 0) is 19.1 Å². The number of ether oxygens (including phenoxy) is 2. The second-order valence-electron chi connectivity index (χ2n) is 15.7. The number of imidazole rings is 2. The van der Waals surface area contributed by atoms with E-state index >= 15 is 0 Å². The van der Waals surface area contributed by atoms with Gasteiger partial charge in [-0.2, -0.15) is 0 Å². The molecule has 5 atom stereocenters. The standard InChI is InChI=1S/C42H51N9O6/c1-22(2)34(48-41(54)56-5)39(52)50-17-7-8-32(50)38-45-30-16-14-27-18-26(13-15-29(27)36(30)47-38)24-9-11-25(12-10-24)31-20-44-37(46-31)33-19-28(43)21-51(33)40(53)35(23(3)4)49-42(55)57-6/h9-16,18,20,22-23,28,32-35H,7-8,17,19,21,43H2,1-6H3,(H,44,46)(H,45,47)(H,48,54)(H,49,55)/t28-,32+,33+,34+,35+/m1/s1. The van der Waals surface area contributed by atoms with E-state index in [9.17, 15) is 19.2 Å². The maximum atomic E-state index is 13.7. The van der Waals surface area contributed by atoms with Crippen LogP contribution in [0.2, 0.25) is 0 Å². The summed E-state index contributed by atoms with van der Waals surface area (Å²) in [6.07, 6.45) is 2.64. The van der Waals surface area contributed by atoms with Crippen molar-refractivity contribution in [2.45, 2.75) is 77.2 Å². The number of benzene rings is 3. The summed E-state index contributed by atoms with van der Waals surface area (Å²) in [6, 6.07) is 16.4. The van der Waals surface area contributed by atoms with Gasteiger partial charge < -0.3 is 45.6 Å². The molecule has 6 N–H and O–H groups in total. The smallest absolute Gasteiger partial charge is 0.407 e. The SMILES string of the molecule is COC(=O)N[C@H](C(=O)N1C[C@H](N)C[C@H]1c1ncc(-c2ccc(-c3ccc4c(ccc5[nH]c([C@@H]6CCCN6C(=O)[C@@H](NC(=O)OC)C(C)C)nc54)c3)cc2)[nH]1)C(C)C. The number of methoxy groups -OCH3 is 2. The maximum Gasteiger partial charge on any atom is 0.407 e. The van der Waals surface area contributed by atoms with Crippen LogP contribution in [0.4, 0.5) is 9.59 Å². The average molecular weight is 778 g/mol. The fraction of sp³-hybridized carbons (Fsp3) is 0.429. The van der Waals surface area contributed by atoms with Crippen LogP contribution in [0.5, 0.6) is 0 Å². The van der Waals surface area contributed by atoms with Crippen LogP contribution in [-0.4, -0.2) is 99.2 Å². The van der Waals surface area contributed by atoms with Gasteiger partial charge in [0.15, 0.2) is 0 Å². The fourth-order valence-corrected chi connectivity index (χ4v) is 8.10. The first-order chi connectivity index (χ1) is 27.4. The Labute approximate surface area is 331 Å². The van der Waals surface area contributed by atoms with Crippen LogP contribution < -0.4 is 16.4 Å². The zero-order valence-corrected chi connectivity index (χ0v) is 33.2. The lowest BCUT2D eigenvalue weighted by Crippen LogP contribution is -2.51. The summed E-state index contributed by atoms with van der Waals surface area (Å²) in [7, 11) is 2.56. The van der Waals surface area contributed by atoms with E-state index in [0.717, 1.165) is 62.9 Å². The predicted octanol–water partition coefficient (Wildman–Crippen LogP) is 5.80. The topological polar surface area (TPSA) is 201 Å². The number of rotatable bonds is 10. The van der Waals surface area contributed by atoms with Crippen molar-refractivity contribution in [1.29, 1.82) is 0 Å². The van der Waals surface area contributed by atoms with Crippen LogP contribution in [0.25, 0.3) is 44.2 Å². The van der Waals surface area contributed by atoms with Gasteiger partial charge in [0.05, 0.1) is 49.2 Å². The Hall–Kier alpha value is -5.96. The Kier molecular flexibility index (Phi) is 11.2. The van der Waals surface area contributed by atoms with Gasteiger partial charge in [-0.3, -0.25) is 9.59 Å². The minimum Gasteiger partial charge on any atom is -0.453 e. The van der Waals surface area contributed by atoms with Crippen molar-refractivity contribution >= 4 is 45.8 Å². The molecule has 4 heterocycles. The quantitative estimate of drug-likeness (QED) is 0.116. The molecule has 300 valence electrons. The Balaban J connectivity index is 1.08. The third kappa shape index (κ3) is 7.88. The number of nitrogens with zero attached hydrogens (tertiary/aromatic N) is 4. The summed E-state index contributed by atoms with van der Waals surface area (Å²) in [5, 5.41) is 7.42. The number of H-pyrrole nitrogens is 2. The molecule has 2 saturated heterocycles. The van der Waals surface area contributed by atoms with Gasteiger partial charge in [0.2, 0.25) is 11.8 Å². The first-order valence-electron chi connectivity index (χ1n) is 19.5. The average Bonchev–Trinajstić information content (AvgIpc) is 4.04. The van der Waals surface area contributed by atoms with E-state index in [1.165, 1.54) is 14.2 Å². The van der Waals surface area contributed by atoms with E-state index < -0.39 is 24.3 Å². The number of fused-ring (bicyclic) bond motifs is 3. The molecular weight excluding hydrogens is 727 g/mol. The fourth-order valence-electron chi connectivity index (χ4n) is 8.10. The molecule has 5 aromatic rings. The summed E-state index contributed by atoms with van der Waals surface area (Å²) in [4.78, 5) is 71.5. The molecule has 15 heteroatoms. The minimum absolute atomic E-state index is 0.115. The van der Waals surface area contributed by atoms with Gasteiger partial charge in [-0.05, 0) is 65.3 Å². The van der Waals surface area contributed by atoms with Gasteiger partial charge in [0, 0.05) is 24.5 Å². The minimum atomic E-state index is -0.757. The number of carbonyl (C=O) groups excluding carboxylic acids is 4. The third-order valence-corrected chi connectivity index (χ3v) is 11.2. The number of aromatic amines is 2. The number of carbonyl (C=O) groups is 4. The van der Waals surface area contributed by atoms with E-state index in [2.05, 4.69) is 62.0 Å². The monoisotopic (exact) mass is 777 g/mol. The van der Waals surface area contributed by atoms with Crippen LogP contribution in [0.15, 0.2) is 60.8 Å². The Morgan fingerprint density at radius 3 is 2.07 bits per heavy atom. The number of nitrogens with two attached hydrogens (primary N) is 1. The van der Waals surface area contributed by atoms with E-state index in [1.807, 2.05) is 50.8 Å². The molecule has 4 amide bonds. The Morgan fingerprint density at radius 2 is 1.42 bits per heavy atom. The van der Waals surface area contributed by atoms with Gasteiger partial charge in [0.1, 0.15) is 23.7 Å². The summed E-state index contributed by atoms with van der Waals surface area (Å²) >= 11 is 0. The first kappa shape index (κ1) is 39.3. The van der Waals surface area contributed by atoms with Crippen molar-refractivity contribution in [2.75, 3.05) is 27.3 Å². The van der Waals surface area contributed by atoms with Gasteiger partial charge in [-0.1, -0.05) is 70.2 Å². The van der Waals surface area contributed by atoms with Crippen LogP contribution >= 0.6 is 0 Å². The molecule has 0 bridgehead atoms. The first-order valence-corrected chi connectivity index (χ1v) is 19.5. The highest BCUT2D eigenvalue weighted by Gasteiger charge is 2.41. The van der Waals surface area contributed by atoms with Crippen molar-refractivity contribution in [3.8, 4) is 22.4 Å². The number of nitrogens with one attached hydrogen (secondary N) is 4. The molecule has 0 aliphatic carbocycles. The second kappa shape index (κ2) is 16.3. The predicted molar refractivity (Wildman–Crippen MR) is 216 cm³/mol. The van der Waals surface area contributed by atoms with Crippen molar-refractivity contribution < 1.29 is 28.7 Å². The van der Waals surface area contributed by atoms with Crippen LogP contribution in [0.3, 0.4) is 0 Å². The molecule has 57 heavy (non-hydrogen) atoms. The molecular formula is C42H51N9O6. The Bertz CT molecular complexity index is 2280. The van der Waals surface area contributed by atoms with Crippen molar-refractivity contribution in [1.82, 2.24) is 40.4 Å². The largest absolute Gasteiger partial charge is 0.453 e. The van der Waals surface area contributed by atoms with E-state index in [0.29, 0.717) is 25.3 Å². The second-order valence-corrected chi connectivity index (χ2v) is 15.7. The lowest BCUT2D eigenvalue weighted by Gasteiger charge is -2.29. The molecule has 0 radical (unpaired) electrons. The number of hydrogen-bond acceptors (Lipinski definition) is 9. The molecule has 2 aliphatic heterocycles. The molecule has 2 aliphatic rings. The van der Waals surface area contributed by atoms with E-state index in [-0.39, 0.29) is 41.8 Å².